The number of hydrogen-bond donors (Lipinski definition) is 0. The molecule has 0 N–H and O–H groups in total. The predicted molar refractivity (Wildman–Crippen MR) is 134 cm³/mol. The Balaban J connectivity index is 2.06. The van der Waals surface area contributed by atoms with Crippen LogP contribution in [0.5, 0.6) is 5.75 Å². The quantitative estimate of drug-likeness (QED) is 0.315. The summed E-state index contributed by atoms with van der Waals surface area (Å²) in [5.41, 5.74) is 0.862. The second kappa shape index (κ2) is 8.89. The van der Waals surface area contributed by atoms with Gasteiger partial charge in [0.1, 0.15) is 17.0 Å². The zero-order valence-electron chi connectivity index (χ0n) is 20.6. The van der Waals surface area contributed by atoms with Crippen LogP contribution in [0.1, 0.15) is 54.5 Å². The molecular formula is C28H33NO4. The monoisotopic (exact) mass is 447 g/mol. The maximum absolute atomic E-state index is 13.4. The molecule has 3 aromatic rings. The SMILES string of the molecule is C=C(C)C(=O)OC(C)(C)C(C)(C)Oc1ccc2cc(-c3ccccc3)c(=O)n(C(C)C)c2c1. The zero-order valence-corrected chi connectivity index (χ0v) is 20.6. The van der Waals surface area contributed by atoms with Crippen molar-refractivity contribution in [3.05, 3.63) is 77.1 Å². The molecule has 5 heteroatoms. The van der Waals surface area contributed by atoms with E-state index in [1.165, 1.54) is 0 Å². The summed E-state index contributed by atoms with van der Waals surface area (Å²) in [6.45, 7) is 16.6. The number of pyridine rings is 1. The number of fused-ring (bicyclic) bond motifs is 1. The van der Waals surface area contributed by atoms with Crippen LogP contribution in [0.15, 0.2) is 71.5 Å². The fourth-order valence-corrected chi connectivity index (χ4v) is 3.57. The molecule has 0 radical (unpaired) electrons. The second-order valence-electron chi connectivity index (χ2n) is 9.71. The van der Waals surface area contributed by atoms with Crippen LogP contribution in [0.25, 0.3) is 22.0 Å². The third-order valence-electron chi connectivity index (χ3n) is 6.13. The lowest BCUT2D eigenvalue weighted by Gasteiger charge is -2.40. The molecule has 0 atom stereocenters. The van der Waals surface area contributed by atoms with E-state index in [1.807, 2.05) is 96.1 Å². The summed E-state index contributed by atoms with van der Waals surface area (Å²) in [4.78, 5) is 25.5. The maximum Gasteiger partial charge on any atom is 0.333 e. The number of hydrogen-bond acceptors (Lipinski definition) is 4. The first-order valence-electron chi connectivity index (χ1n) is 11.2. The first-order valence-corrected chi connectivity index (χ1v) is 11.2. The highest BCUT2D eigenvalue weighted by Gasteiger charge is 2.43. The first-order chi connectivity index (χ1) is 15.3. The third-order valence-corrected chi connectivity index (χ3v) is 6.13. The predicted octanol–water partition coefficient (Wildman–Crippen LogP) is 6.30. The number of rotatable bonds is 7. The molecule has 3 rings (SSSR count). The van der Waals surface area contributed by atoms with Gasteiger partial charge in [0.15, 0.2) is 0 Å². The summed E-state index contributed by atoms with van der Waals surface area (Å²) >= 11 is 0. The summed E-state index contributed by atoms with van der Waals surface area (Å²) in [5, 5.41) is 0.945. The van der Waals surface area contributed by atoms with Crippen molar-refractivity contribution in [2.45, 2.75) is 65.7 Å². The average molecular weight is 448 g/mol. The number of nitrogens with zero attached hydrogens (tertiary/aromatic N) is 1. The summed E-state index contributed by atoms with van der Waals surface area (Å²) < 4.78 is 13.8. The highest BCUT2D eigenvalue weighted by molar-refractivity contribution is 5.87. The van der Waals surface area contributed by atoms with E-state index in [2.05, 4.69) is 6.58 Å². The van der Waals surface area contributed by atoms with Gasteiger partial charge in [-0.25, -0.2) is 4.79 Å². The van der Waals surface area contributed by atoms with E-state index in [1.54, 1.807) is 11.5 Å². The fraction of sp³-hybridized carbons (Fsp3) is 0.357. The van der Waals surface area contributed by atoms with Crippen LogP contribution in [-0.2, 0) is 9.53 Å². The standard InChI is InChI=1S/C28H33NO4/c1-18(2)26(31)33-28(7,8)27(5,6)32-22-15-14-21-16-23(20-12-10-9-11-13-20)25(30)29(19(3)4)24(21)17-22/h9-17,19H,1H2,2-8H3. The molecule has 174 valence electrons. The van der Waals surface area contributed by atoms with E-state index < -0.39 is 17.2 Å². The van der Waals surface area contributed by atoms with E-state index >= 15 is 0 Å². The Morgan fingerprint density at radius 3 is 2.18 bits per heavy atom. The highest BCUT2D eigenvalue weighted by atomic mass is 16.6. The minimum Gasteiger partial charge on any atom is -0.484 e. The number of benzene rings is 2. The van der Waals surface area contributed by atoms with Gasteiger partial charge < -0.3 is 14.0 Å². The first kappa shape index (κ1) is 24.3. The Bertz CT molecular complexity index is 1250. The molecule has 1 heterocycles. The number of ether oxygens (including phenoxy) is 2. The number of carbonyl (C=O) groups excluding carboxylic acids is 1. The van der Waals surface area contributed by atoms with E-state index in [0.717, 1.165) is 16.5 Å². The molecule has 0 saturated carbocycles. The van der Waals surface area contributed by atoms with Gasteiger partial charge in [0.05, 0.1) is 5.52 Å². The molecule has 0 aliphatic carbocycles. The van der Waals surface area contributed by atoms with Crippen LogP contribution in [0.3, 0.4) is 0 Å². The maximum atomic E-state index is 13.4. The Kier molecular flexibility index (Phi) is 6.55. The molecule has 2 aromatic carbocycles. The second-order valence-corrected chi connectivity index (χ2v) is 9.71. The van der Waals surface area contributed by atoms with E-state index in [-0.39, 0.29) is 11.6 Å². The zero-order chi connectivity index (χ0) is 24.6. The lowest BCUT2D eigenvalue weighted by molar-refractivity contribution is -0.171. The minimum absolute atomic E-state index is 0.0418. The lowest BCUT2D eigenvalue weighted by atomic mass is 9.89. The average Bonchev–Trinajstić information content (AvgIpc) is 2.72. The van der Waals surface area contributed by atoms with E-state index in [9.17, 15) is 9.59 Å². The van der Waals surface area contributed by atoms with Crippen molar-refractivity contribution >= 4 is 16.9 Å². The largest absolute Gasteiger partial charge is 0.484 e. The van der Waals surface area contributed by atoms with Crippen molar-refractivity contribution in [1.82, 2.24) is 4.57 Å². The van der Waals surface area contributed by atoms with Crippen LogP contribution in [0, 0.1) is 0 Å². The van der Waals surface area contributed by atoms with Gasteiger partial charge in [-0.05, 0) is 77.6 Å². The summed E-state index contributed by atoms with van der Waals surface area (Å²) in [6, 6.07) is 17.3. The van der Waals surface area contributed by atoms with Gasteiger partial charge in [-0.3, -0.25) is 4.79 Å². The minimum atomic E-state index is -0.924. The van der Waals surface area contributed by atoms with Crippen LogP contribution < -0.4 is 10.3 Å². The van der Waals surface area contributed by atoms with Gasteiger partial charge in [0.2, 0.25) is 0 Å². The molecule has 33 heavy (non-hydrogen) atoms. The molecule has 0 aliphatic rings. The molecule has 0 fully saturated rings. The molecule has 0 amide bonds. The van der Waals surface area contributed by atoms with Gasteiger partial charge in [-0.15, -0.1) is 0 Å². The van der Waals surface area contributed by atoms with E-state index in [4.69, 9.17) is 9.47 Å². The van der Waals surface area contributed by atoms with Crippen LogP contribution in [-0.4, -0.2) is 21.7 Å². The molecular weight excluding hydrogens is 414 g/mol. The van der Waals surface area contributed by atoms with E-state index in [0.29, 0.717) is 16.9 Å². The van der Waals surface area contributed by atoms with Gasteiger partial charge in [0.25, 0.3) is 5.56 Å². The number of aromatic nitrogens is 1. The Morgan fingerprint density at radius 2 is 1.61 bits per heavy atom. The van der Waals surface area contributed by atoms with Gasteiger partial charge in [-0.2, -0.15) is 0 Å². The van der Waals surface area contributed by atoms with Crippen LogP contribution >= 0.6 is 0 Å². The molecule has 0 bridgehead atoms. The third kappa shape index (κ3) is 4.87. The number of carbonyl (C=O) groups is 1. The van der Waals surface area contributed by atoms with Crippen LogP contribution in [0.4, 0.5) is 0 Å². The molecule has 0 unspecified atom stereocenters. The Hall–Kier alpha value is -3.34. The van der Waals surface area contributed by atoms with Crippen molar-refractivity contribution in [3.63, 3.8) is 0 Å². The van der Waals surface area contributed by atoms with Crippen molar-refractivity contribution in [2.24, 2.45) is 0 Å². The molecule has 0 aliphatic heterocycles. The smallest absolute Gasteiger partial charge is 0.333 e. The Morgan fingerprint density at radius 1 is 0.970 bits per heavy atom. The van der Waals surface area contributed by atoms with Gasteiger partial charge in [-0.1, -0.05) is 36.9 Å². The topological polar surface area (TPSA) is 57.5 Å². The van der Waals surface area contributed by atoms with Crippen molar-refractivity contribution in [3.8, 4) is 16.9 Å². The fourth-order valence-electron chi connectivity index (χ4n) is 3.57. The number of esters is 1. The molecule has 0 spiro atoms. The normalized spacial score (nSPS) is 12.1. The Labute approximate surface area is 195 Å². The summed E-state index contributed by atoms with van der Waals surface area (Å²) in [7, 11) is 0. The summed E-state index contributed by atoms with van der Waals surface area (Å²) in [6.07, 6.45) is 0. The van der Waals surface area contributed by atoms with Crippen molar-refractivity contribution in [1.29, 1.82) is 0 Å². The lowest BCUT2D eigenvalue weighted by Crippen LogP contribution is -2.52. The van der Waals surface area contributed by atoms with Gasteiger partial charge in [0, 0.05) is 23.2 Å². The van der Waals surface area contributed by atoms with Crippen molar-refractivity contribution in [2.75, 3.05) is 0 Å². The van der Waals surface area contributed by atoms with Crippen LogP contribution in [0.2, 0.25) is 0 Å². The van der Waals surface area contributed by atoms with Crippen molar-refractivity contribution < 1.29 is 14.3 Å². The van der Waals surface area contributed by atoms with Gasteiger partial charge >= 0.3 is 5.97 Å². The molecule has 5 nitrogen and oxygen atoms in total. The summed E-state index contributed by atoms with van der Waals surface area (Å²) in [5.74, 6) is 0.130. The molecule has 0 saturated heterocycles. The highest BCUT2D eigenvalue weighted by Crippen LogP contribution is 2.33. The molecule has 1 aromatic heterocycles.